The Balaban J connectivity index is 3.34. The molecule has 0 atom stereocenters. The Labute approximate surface area is 121 Å². The number of aryl methyl sites for hydroxylation is 1. The van der Waals surface area contributed by atoms with Gasteiger partial charge in [-0.05, 0) is 31.2 Å². The van der Waals surface area contributed by atoms with Crippen molar-refractivity contribution in [2.24, 2.45) is 0 Å². The van der Waals surface area contributed by atoms with Gasteiger partial charge >= 0.3 is 0 Å². The molecule has 0 bridgehead atoms. The molecule has 0 unspecified atom stereocenters. The summed E-state index contributed by atoms with van der Waals surface area (Å²) >= 11 is 0. The summed E-state index contributed by atoms with van der Waals surface area (Å²) in [6.07, 6.45) is 4.52. The third kappa shape index (κ3) is 3.71. The number of H-pyrrole nitrogens is 1. The zero-order valence-electron chi connectivity index (χ0n) is 13.1. The number of carbonyl (C=O) groups excluding carboxylic acids is 1. The lowest BCUT2D eigenvalue weighted by Gasteiger charge is -2.17. The van der Waals surface area contributed by atoms with E-state index in [-0.39, 0.29) is 11.5 Å². The highest BCUT2D eigenvalue weighted by molar-refractivity contribution is 5.92. The molecule has 2 N–H and O–H groups in total. The summed E-state index contributed by atoms with van der Waals surface area (Å²) in [4.78, 5) is 27.1. The van der Waals surface area contributed by atoms with E-state index >= 15 is 0 Å². The molecule has 1 aromatic heterocycles. The van der Waals surface area contributed by atoms with Gasteiger partial charge in [-0.15, -0.1) is 0 Å². The lowest BCUT2D eigenvalue weighted by atomic mass is 10.00. The van der Waals surface area contributed by atoms with Crippen molar-refractivity contribution in [3.8, 4) is 0 Å². The molecule has 0 radical (unpaired) electrons. The van der Waals surface area contributed by atoms with Gasteiger partial charge in [-0.3, -0.25) is 9.59 Å². The van der Waals surface area contributed by atoms with Crippen molar-refractivity contribution < 1.29 is 4.79 Å². The molecule has 0 fully saturated rings. The lowest BCUT2D eigenvalue weighted by Crippen LogP contribution is -2.23. The van der Waals surface area contributed by atoms with Gasteiger partial charge < -0.3 is 10.3 Å². The molecular formula is C16H26N2O2. The highest BCUT2D eigenvalue weighted by atomic mass is 16.1. The minimum atomic E-state index is -0.0695. The van der Waals surface area contributed by atoms with Gasteiger partial charge in [0.25, 0.3) is 5.56 Å². The number of rotatable bonds is 7. The SMILES string of the molecule is CCCC(=O)Nc1c(CC)c(CCC)[nH]c(=O)c1CC. The first-order valence-corrected chi connectivity index (χ1v) is 7.65. The molecule has 20 heavy (non-hydrogen) atoms. The number of aromatic nitrogens is 1. The largest absolute Gasteiger partial charge is 0.326 e. The van der Waals surface area contributed by atoms with Gasteiger partial charge in [0.05, 0.1) is 5.69 Å². The molecule has 1 amide bonds. The first kappa shape index (κ1) is 16.5. The zero-order valence-corrected chi connectivity index (χ0v) is 13.1. The van der Waals surface area contributed by atoms with Crippen LogP contribution in [-0.4, -0.2) is 10.9 Å². The van der Waals surface area contributed by atoms with Gasteiger partial charge in [-0.25, -0.2) is 0 Å². The Kier molecular flexibility index (Phi) is 6.49. The molecule has 1 heterocycles. The molecule has 0 aliphatic carbocycles. The van der Waals surface area contributed by atoms with E-state index in [9.17, 15) is 9.59 Å². The summed E-state index contributed by atoms with van der Waals surface area (Å²) in [5.74, 6) is -0.00931. The topological polar surface area (TPSA) is 62.0 Å². The summed E-state index contributed by atoms with van der Waals surface area (Å²) in [7, 11) is 0. The number of pyridine rings is 1. The van der Waals surface area contributed by atoms with E-state index < -0.39 is 0 Å². The quantitative estimate of drug-likeness (QED) is 0.804. The van der Waals surface area contributed by atoms with Crippen LogP contribution >= 0.6 is 0 Å². The van der Waals surface area contributed by atoms with Crippen molar-refractivity contribution in [3.05, 3.63) is 27.2 Å². The summed E-state index contributed by atoms with van der Waals surface area (Å²) in [5.41, 5.74) is 3.41. The van der Waals surface area contributed by atoms with Gasteiger partial charge in [0.1, 0.15) is 0 Å². The van der Waals surface area contributed by atoms with Crippen LogP contribution in [0.5, 0.6) is 0 Å². The van der Waals surface area contributed by atoms with Crippen LogP contribution in [0.4, 0.5) is 5.69 Å². The van der Waals surface area contributed by atoms with Crippen LogP contribution in [0.1, 0.15) is 63.8 Å². The van der Waals surface area contributed by atoms with Gasteiger partial charge in [-0.2, -0.15) is 0 Å². The van der Waals surface area contributed by atoms with Crippen molar-refractivity contribution in [3.63, 3.8) is 0 Å². The van der Waals surface area contributed by atoms with Crippen LogP contribution in [0.25, 0.3) is 0 Å². The molecule has 0 saturated heterocycles. The first-order valence-electron chi connectivity index (χ1n) is 7.65. The van der Waals surface area contributed by atoms with Crippen molar-refractivity contribution >= 4 is 11.6 Å². The summed E-state index contributed by atoms with van der Waals surface area (Å²) < 4.78 is 0. The molecule has 0 aliphatic rings. The number of nitrogens with one attached hydrogen (secondary N) is 2. The van der Waals surface area contributed by atoms with Gasteiger partial charge in [0.15, 0.2) is 0 Å². The van der Waals surface area contributed by atoms with Crippen LogP contribution in [0.15, 0.2) is 4.79 Å². The predicted molar refractivity (Wildman–Crippen MR) is 83.4 cm³/mol. The molecule has 0 aromatic carbocycles. The van der Waals surface area contributed by atoms with Crippen LogP contribution in [0.3, 0.4) is 0 Å². The molecule has 0 aliphatic heterocycles. The number of carbonyl (C=O) groups is 1. The van der Waals surface area contributed by atoms with Gasteiger partial charge in [-0.1, -0.05) is 34.1 Å². The fourth-order valence-corrected chi connectivity index (χ4v) is 2.51. The summed E-state index contributed by atoms with van der Waals surface area (Å²) in [5, 5.41) is 2.96. The molecule has 4 heteroatoms. The molecule has 1 aromatic rings. The number of hydrogen-bond donors (Lipinski definition) is 2. The Morgan fingerprint density at radius 3 is 2.20 bits per heavy atom. The van der Waals surface area contributed by atoms with E-state index in [0.717, 1.165) is 42.6 Å². The fraction of sp³-hybridized carbons (Fsp3) is 0.625. The van der Waals surface area contributed by atoms with E-state index in [4.69, 9.17) is 0 Å². The van der Waals surface area contributed by atoms with Crippen molar-refractivity contribution in [1.29, 1.82) is 0 Å². The third-order valence-electron chi connectivity index (χ3n) is 3.45. The second-order valence-electron chi connectivity index (χ2n) is 5.02. The molecular weight excluding hydrogens is 252 g/mol. The minimum Gasteiger partial charge on any atom is -0.326 e. The Morgan fingerprint density at radius 2 is 1.70 bits per heavy atom. The zero-order chi connectivity index (χ0) is 15.1. The standard InChI is InChI=1S/C16H26N2O2/c1-5-9-13-11(7-3)15(18-14(19)10-6-2)12(8-4)16(20)17-13/h5-10H2,1-4H3,(H2,17,18,19,20). The molecule has 4 nitrogen and oxygen atoms in total. The van der Waals surface area contributed by atoms with Crippen molar-refractivity contribution in [2.75, 3.05) is 5.32 Å². The summed E-state index contributed by atoms with van der Waals surface area (Å²) in [6.45, 7) is 8.06. The van der Waals surface area contributed by atoms with Crippen molar-refractivity contribution in [2.45, 2.75) is 66.2 Å². The van der Waals surface area contributed by atoms with Crippen LogP contribution < -0.4 is 10.9 Å². The number of anilines is 1. The monoisotopic (exact) mass is 278 g/mol. The Bertz CT molecular complexity index is 518. The Morgan fingerprint density at radius 1 is 1.05 bits per heavy atom. The minimum absolute atomic E-state index is 0.00931. The Hall–Kier alpha value is -1.58. The average Bonchev–Trinajstić information content (AvgIpc) is 2.39. The second kappa shape index (κ2) is 7.88. The highest BCUT2D eigenvalue weighted by Gasteiger charge is 2.16. The van der Waals surface area contributed by atoms with Crippen LogP contribution in [0.2, 0.25) is 0 Å². The number of aromatic amines is 1. The fourth-order valence-electron chi connectivity index (χ4n) is 2.51. The van der Waals surface area contributed by atoms with Crippen molar-refractivity contribution in [1.82, 2.24) is 4.98 Å². The number of amides is 1. The average molecular weight is 278 g/mol. The highest BCUT2D eigenvalue weighted by Crippen LogP contribution is 2.23. The first-order chi connectivity index (χ1) is 9.58. The molecule has 112 valence electrons. The predicted octanol–water partition coefficient (Wildman–Crippen LogP) is 3.19. The second-order valence-corrected chi connectivity index (χ2v) is 5.02. The molecule has 0 spiro atoms. The maximum absolute atomic E-state index is 12.2. The normalized spacial score (nSPS) is 10.6. The lowest BCUT2D eigenvalue weighted by molar-refractivity contribution is -0.116. The maximum atomic E-state index is 12.2. The van der Waals surface area contributed by atoms with E-state index in [1.165, 1.54) is 0 Å². The molecule has 1 rings (SSSR count). The molecule has 0 saturated carbocycles. The van der Waals surface area contributed by atoms with E-state index in [0.29, 0.717) is 18.4 Å². The smallest absolute Gasteiger partial charge is 0.253 e. The van der Waals surface area contributed by atoms with Gasteiger partial charge in [0.2, 0.25) is 5.91 Å². The van der Waals surface area contributed by atoms with Crippen LogP contribution in [-0.2, 0) is 24.1 Å². The third-order valence-corrected chi connectivity index (χ3v) is 3.45. The van der Waals surface area contributed by atoms with Gasteiger partial charge in [0, 0.05) is 17.7 Å². The maximum Gasteiger partial charge on any atom is 0.253 e. The summed E-state index contributed by atoms with van der Waals surface area (Å²) in [6, 6.07) is 0. The van der Waals surface area contributed by atoms with E-state index in [2.05, 4.69) is 24.1 Å². The van der Waals surface area contributed by atoms with E-state index in [1.54, 1.807) is 0 Å². The van der Waals surface area contributed by atoms with E-state index in [1.807, 2.05) is 13.8 Å². The number of hydrogen-bond acceptors (Lipinski definition) is 2. The van der Waals surface area contributed by atoms with Crippen LogP contribution in [0, 0.1) is 0 Å².